The van der Waals surface area contributed by atoms with E-state index < -0.39 is 13.4 Å². The van der Waals surface area contributed by atoms with Crippen LogP contribution in [0, 0.1) is 65.3 Å². The number of ether oxygens (including phenoxy) is 4. The van der Waals surface area contributed by atoms with Crippen LogP contribution < -0.4 is 61.5 Å². The third kappa shape index (κ3) is 5.91. The van der Waals surface area contributed by atoms with Gasteiger partial charge in [-0.05, 0) is 90.1 Å². The molecule has 1 aromatic carbocycles. The number of benzene rings is 1. The maximum atomic E-state index is 6.90. The maximum absolute atomic E-state index is 6.90. The Morgan fingerprint density at radius 1 is 0.484 bits per heavy atom. The molecule has 0 fully saturated rings. The molecule has 0 spiro atoms. The van der Waals surface area contributed by atoms with Crippen LogP contribution in [0.2, 0.25) is 0 Å². The van der Waals surface area contributed by atoms with E-state index in [0.29, 0.717) is 102 Å². The largest absolute Gasteiger partial charge is 0.510 e. The fraction of sp³-hybridized carbons (Fsp3) is 0.136. The Morgan fingerprint density at radius 2 is 0.812 bits per heavy atom. The van der Waals surface area contributed by atoms with Crippen molar-refractivity contribution < 1.29 is 61.1 Å². The molecule has 0 saturated carbocycles. The predicted molar refractivity (Wildman–Crippen MR) is 229 cm³/mol. The topological polar surface area (TPSA) is 137 Å². The average molecular weight is 1200 g/mol. The van der Waals surface area contributed by atoms with Crippen LogP contribution in [-0.2, 0) is 42.1 Å². The van der Waals surface area contributed by atoms with Crippen LogP contribution in [-0.4, -0.2) is 76.8 Å². The molecule has 0 unspecified atom stereocenters. The zero-order valence-corrected chi connectivity index (χ0v) is 39.3. The summed E-state index contributed by atoms with van der Waals surface area (Å²) in [4.78, 5) is 27.5. The molecule has 7 aromatic rings. The molecule has 64 heavy (non-hydrogen) atoms. The minimum Gasteiger partial charge on any atom is -0.510 e. The average Bonchev–Trinajstić information content (AvgIpc) is 4.07. The van der Waals surface area contributed by atoms with Crippen molar-refractivity contribution in [3.05, 3.63) is 122 Å². The van der Waals surface area contributed by atoms with Crippen molar-refractivity contribution in [2.75, 3.05) is 23.9 Å². The van der Waals surface area contributed by atoms with Gasteiger partial charge in [0.25, 0.3) is 0 Å². The van der Waals surface area contributed by atoms with Gasteiger partial charge in [0.1, 0.15) is 0 Å². The van der Waals surface area contributed by atoms with Crippen molar-refractivity contribution in [1.82, 2.24) is 49.3 Å². The molecule has 0 radical (unpaired) electrons. The molecule has 0 bridgehead atoms. The summed E-state index contributed by atoms with van der Waals surface area (Å²) in [6.45, 7) is 10.6. The molecule has 0 aliphatic carbocycles. The molecule has 0 saturated heterocycles. The Kier molecular flexibility index (Phi) is 9.20. The van der Waals surface area contributed by atoms with E-state index in [1.54, 1.807) is 24.8 Å². The summed E-state index contributed by atoms with van der Waals surface area (Å²) in [6.07, 6.45) is 14.7. The molecule has 16 nitrogen and oxygen atoms in total. The molecular formula is C44H30B2N12O4Pt2-6. The van der Waals surface area contributed by atoms with Crippen molar-refractivity contribution in [1.29, 1.82) is 0 Å². The zero-order valence-electron chi connectivity index (χ0n) is 34.7. The summed E-state index contributed by atoms with van der Waals surface area (Å²) < 4.78 is 31.3. The summed E-state index contributed by atoms with van der Waals surface area (Å²) in [5.41, 5.74) is 10.3. The molecule has 0 atom stereocenters. The monoisotopic (exact) mass is 1200 g/mol. The molecule has 322 valence electrons. The summed E-state index contributed by atoms with van der Waals surface area (Å²) in [5.74, 6) is 2.99. The molecule has 0 N–H and O–H groups in total. The number of nitrogens with zero attached hydrogens (tertiary/aromatic N) is 12. The third-order valence-electron chi connectivity index (χ3n) is 11.7. The Balaban J connectivity index is 0.00000228. The number of aromatic nitrogens is 8. The fourth-order valence-electron chi connectivity index (χ4n) is 9.05. The van der Waals surface area contributed by atoms with E-state index in [1.165, 1.54) is 0 Å². The van der Waals surface area contributed by atoms with Gasteiger partial charge in [-0.15, -0.1) is 21.9 Å². The molecule has 0 amide bonds. The van der Waals surface area contributed by atoms with Crippen molar-refractivity contribution in [3.63, 3.8) is 0 Å². The molecule has 12 heterocycles. The second kappa shape index (κ2) is 14.6. The summed E-state index contributed by atoms with van der Waals surface area (Å²) >= 11 is 0. The van der Waals surface area contributed by atoms with Crippen LogP contribution >= 0.6 is 0 Å². The van der Waals surface area contributed by atoms with Crippen molar-refractivity contribution >= 4 is 57.6 Å². The Bertz CT molecular complexity index is 2990. The maximum Gasteiger partial charge on any atom is 0.211 e. The van der Waals surface area contributed by atoms with Crippen LogP contribution in [0.4, 0.5) is 11.4 Å². The van der Waals surface area contributed by atoms with Gasteiger partial charge in [0.2, 0.25) is 13.4 Å². The molecule has 6 aromatic heterocycles. The minimum atomic E-state index is -0.590. The molecule has 20 heteroatoms. The van der Waals surface area contributed by atoms with Gasteiger partial charge in [-0.2, -0.15) is 47.8 Å². The predicted octanol–water partition coefficient (Wildman–Crippen LogP) is 2.21. The van der Waals surface area contributed by atoms with E-state index in [1.807, 2.05) is 121 Å². The Morgan fingerprint density at radius 3 is 1.11 bits per heavy atom. The second-order valence-electron chi connectivity index (χ2n) is 16.0. The van der Waals surface area contributed by atoms with E-state index >= 15 is 0 Å². The summed E-state index contributed by atoms with van der Waals surface area (Å²) in [5, 5.41) is 9.49. The van der Waals surface area contributed by atoms with Gasteiger partial charge in [0.05, 0.1) is 34.9 Å². The van der Waals surface area contributed by atoms with Crippen molar-refractivity contribution in [3.8, 4) is 57.9 Å². The van der Waals surface area contributed by atoms with Crippen LogP contribution in [0.3, 0.4) is 0 Å². The number of aryl methyl sites for hydroxylation is 4. The van der Waals surface area contributed by atoms with Crippen LogP contribution in [0.1, 0.15) is 22.8 Å². The van der Waals surface area contributed by atoms with Gasteiger partial charge in [0, 0.05) is 64.4 Å². The smallest absolute Gasteiger partial charge is 0.211 e. The van der Waals surface area contributed by atoms with E-state index in [9.17, 15) is 0 Å². The quantitative estimate of drug-likeness (QED) is 0.188. The van der Waals surface area contributed by atoms with Crippen LogP contribution in [0.25, 0.3) is 11.4 Å². The van der Waals surface area contributed by atoms with E-state index in [2.05, 4.69) is 24.3 Å². The third-order valence-corrected chi connectivity index (χ3v) is 11.7. The minimum absolute atomic E-state index is 0. The van der Waals surface area contributed by atoms with Gasteiger partial charge in [-0.1, -0.05) is 36.2 Å². The fourth-order valence-corrected chi connectivity index (χ4v) is 9.05. The zero-order chi connectivity index (χ0) is 41.7. The molecular weight excluding hydrogens is 1170 g/mol. The SMILES string of the molecule is Cc1cc(C)n(-c2[c-]c3c(nc2)Oc2c4c5c(c6c2B3c2[c-]c(N3C=CN(C)[CH-]3)cnc2O6)Oc2ncc(N3C=CN(C)[CH-]3)[c-]c2B5c2[c-]c(-n3nc(C)cc3C)cnc2O4)n1.[Pt].[Pt]. The summed E-state index contributed by atoms with van der Waals surface area (Å²) in [7, 11) is 3.92. The van der Waals surface area contributed by atoms with Gasteiger partial charge >= 0.3 is 0 Å². The first-order valence-corrected chi connectivity index (χ1v) is 19.9. The van der Waals surface area contributed by atoms with Crippen LogP contribution in [0.15, 0.2) is 61.7 Å². The molecule has 6 aliphatic rings. The van der Waals surface area contributed by atoms with Crippen molar-refractivity contribution in [2.45, 2.75) is 27.7 Å². The normalized spacial score (nSPS) is 15.2. The molecule has 6 aliphatic heterocycles. The van der Waals surface area contributed by atoms with Gasteiger partial charge < -0.3 is 58.5 Å². The standard InChI is InChI=1S/C44H30B2N12O4.2Pt/c1-23-11-25(3)57(51-23)29-15-33-43(49-19-29)61-39-35-37(59-41-31(45(33)35)13-27(17-47-41)55-9-7-53(5)21-55)38-36-40(39)62-44-34(16-30(20-50-44)58-26(4)12-24(2)52-58)46(36)32-14-28(18-48-42(32)60-38)56-10-8-54(6)22-56;;/h7-12,17-22H,1-6H3;;/q-6;;. The second-order valence-corrected chi connectivity index (χ2v) is 16.0. The first-order chi connectivity index (χ1) is 30.1. The van der Waals surface area contributed by atoms with Gasteiger partial charge in [-0.3, -0.25) is 9.36 Å². The van der Waals surface area contributed by atoms with Crippen molar-refractivity contribution in [2.24, 2.45) is 0 Å². The van der Waals surface area contributed by atoms with E-state index in [0.717, 1.165) is 22.8 Å². The van der Waals surface area contributed by atoms with E-state index in [-0.39, 0.29) is 42.1 Å². The number of hydrogen-bond acceptors (Lipinski definition) is 14. The van der Waals surface area contributed by atoms with Gasteiger partial charge in [-0.25, -0.2) is 0 Å². The number of rotatable bonds is 4. The Hall–Kier alpha value is -6.37. The van der Waals surface area contributed by atoms with E-state index in [4.69, 9.17) is 49.1 Å². The number of hydrogen-bond donors (Lipinski definition) is 0. The van der Waals surface area contributed by atoms with Gasteiger partial charge in [0.15, 0.2) is 23.0 Å². The summed E-state index contributed by atoms with van der Waals surface area (Å²) in [6, 6.07) is 18.6. The number of fused-ring (bicyclic) bond motifs is 10. The Labute approximate surface area is 397 Å². The number of anilines is 2. The van der Waals surface area contributed by atoms with Crippen LogP contribution in [0.5, 0.6) is 46.5 Å². The first kappa shape index (κ1) is 40.4. The number of pyridine rings is 4. The first-order valence-electron chi connectivity index (χ1n) is 19.9. The molecule has 13 rings (SSSR count).